The van der Waals surface area contributed by atoms with E-state index in [1.165, 1.54) is 5.01 Å². The van der Waals surface area contributed by atoms with Gasteiger partial charge in [-0.1, -0.05) is 20.8 Å². The highest BCUT2D eigenvalue weighted by atomic mass is 16.3. The summed E-state index contributed by atoms with van der Waals surface area (Å²) >= 11 is 0. The number of hydrogen-bond donors (Lipinski definition) is 1. The number of carbonyl (C=O) groups excluding carboxylic acids is 1. The Bertz CT molecular complexity index is 264. The van der Waals surface area contributed by atoms with E-state index in [4.69, 9.17) is 5.11 Å². The fraction of sp³-hybridized carbons (Fsp3) is 0.800. The van der Waals surface area contributed by atoms with Crippen molar-refractivity contribution in [2.45, 2.75) is 40.2 Å². The van der Waals surface area contributed by atoms with Crippen LogP contribution >= 0.6 is 0 Å². The lowest BCUT2D eigenvalue weighted by atomic mass is 9.88. The van der Waals surface area contributed by atoms with Gasteiger partial charge < -0.3 is 5.11 Å². The highest BCUT2D eigenvalue weighted by Crippen LogP contribution is 2.24. The van der Waals surface area contributed by atoms with E-state index in [0.29, 0.717) is 13.0 Å². The van der Waals surface area contributed by atoms with Gasteiger partial charge in [0.05, 0.1) is 24.8 Å². The molecule has 0 saturated carbocycles. The number of aliphatic hydroxyl groups excluding tert-OH is 1. The molecular weight excluding hydrogens is 180 g/mol. The van der Waals surface area contributed by atoms with E-state index >= 15 is 0 Å². The summed E-state index contributed by atoms with van der Waals surface area (Å²) in [5.74, 6) is -0.0178. The van der Waals surface area contributed by atoms with Crippen molar-refractivity contribution in [3.63, 3.8) is 0 Å². The van der Waals surface area contributed by atoms with Crippen LogP contribution in [0.25, 0.3) is 0 Å². The highest BCUT2D eigenvalue weighted by molar-refractivity contribution is 6.07. The molecule has 0 bridgehead atoms. The third-order valence-corrected chi connectivity index (χ3v) is 2.15. The number of amides is 1. The number of hydrogen-bond acceptors (Lipinski definition) is 3. The van der Waals surface area contributed by atoms with Crippen molar-refractivity contribution in [3.05, 3.63) is 0 Å². The molecule has 1 heterocycles. The van der Waals surface area contributed by atoms with Gasteiger partial charge in [-0.3, -0.25) is 4.79 Å². The van der Waals surface area contributed by atoms with E-state index in [2.05, 4.69) is 5.10 Å². The normalized spacial score (nSPS) is 19.9. The minimum atomic E-state index is -0.526. The van der Waals surface area contributed by atoms with Gasteiger partial charge in [-0.15, -0.1) is 0 Å². The molecule has 0 aromatic carbocycles. The van der Waals surface area contributed by atoms with Gasteiger partial charge in [0.1, 0.15) is 0 Å². The van der Waals surface area contributed by atoms with Crippen molar-refractivity contribution in [1.82, 2.24) is 5.01 Å². The third kappa shape index (κ3) is 2.54. The molecule has 1 rings (SSSR count). The van der Waals surface area contributed by atoms with E-state index < -0.39 is 6.10 Å². The Morgan fingerprint density at radius 2 is 2.14 bits per heavy atom. The minimum Gasteiger partial charge on any atom is -0.391 e. The first-order chi connectivity index (χ1) is 6.30. The van der Waals surface area contributed by atoms with Gasteiger partial charge in [-0.2, -0.15) is 5.10 Å². The zero-order chi connectivity index (χ0) is 10.9. The second-order valence-corrected chi connectivity index (χ2v) is 4.80. The van der Waals surface area contributed by atoms with Gasteiger partial charge in [-0.25, -0.2) is 5.01 Å². The van der Waals surface area contributed by atoms with Crippen LogP contribution in [0.15, 0.2) is 5.10 Å². The lowest BCUT2D eigenvalue weighted by molar-refractivity contribution is -0.129. The van der Waals surface area contributed by atoms with Crippen LogP contribution in [0, 0.1) is 5.41 Å². The predicted molar refractivity (Wildman–Crippen MR) is 54.9 cm³/mol. The summed E-state index contributed by atoms with van der Waals surface area (Å²) < 4.78 is 0. The molecule has 1 atom stereocenters. The zero-order valence-corrected chi connectivity index (χ0v) is 9.24. The van der Waals surface area contributed by atoms with Gasteiger partial charge in [0.15, 0.2) is 0 Å². The monoisotopic (exact) mass is 198 g/mol. The first-order valence-electron chi connectivity index (χ1n) is 4.87. The summed E-state index contributed by atoms with van der Waals surface area (Å²) in [6, 6.07) is 0. The second kappa shape index (κ2) is 3.69. The molecular formula is C10H18N2O2. The standard InChI is InChI=1S/C10H18N2O2/c1-7(13)6-12-9(14)5-8(11-12)10(2,3)4/h7,13H,5-6H2,1-4H3. The average Bonchev–Trinajstić information content (AvgIpc) is 2.30. The van der Waals surface area contributed by atoms with Crippen molar-refractivity contribution < 1.29 is 9.90 Å². The van der Waals surface area contributed by atoms with E-state index in [1.54, 1.807) is 6.92 Å². The van der Waals surface area contributed by atoms with Gasteiger partial charge in [-0.05, 0) is 6.92 Å². The van der Waals surface area contributed by atoms with Gasteiger partial charge >= 0.3 is 0 Å². The van der Waals surface area contributed by atoms with Crippen LogP contribution in [-0.4, -0.2) is 34.4 Å². The number of rotatable bonds is 2. The number of carbonyl (C=O) groups is 1. The molecule has 4 nitrogen and oxygen atoms in total. The largest absolute Gasteiger partial charge is 0.391 e. The number of aliphatic hydroxyl groups is 1. The predicted octanol–water partition coefficient (Wildman–Crippen LogP) is 1.00. The molecule has 0 spiro atoms. The summed E-state index contributed by atoms with van der Waals surface area (Å²) in [5, 5.41) is 14.7. The molecule has 14 heavy (non-hydrogen) atoms. The lowest BCUT2D eigenvalue weighted by Gasteiger charge is -2.16. The summed E-state index contributed by atoms with van der Waals surface area (Å²) in [7, 11) is 0. The molecule has 1 unspecified atom stereocenters. The maximum atomic E-state index is 11.5. The number of β-amino-alcohol motifs (C(OH)–C–C–N with tert-alkyl or cyclic N) is 1. The Hall–Kier alpha value is -0.900. The van der Waals surface area contributed by atoms with Crippen LogP contribution in [0.4, 0.5) is 0 Å². The molecule has 0 aliphatic carbocycles. The van der Waals surface area contributed by atoms with Gasteiger partial charge in [0.25, 0.3) is 0 Å². The minimum absolute atomic E-state index is 0.0178. The van der Waals surface area contributed by atoms with E-state index in [-0.39, 0.29) is 11.3 Å². The number of hydrazone groups is 1. The molecule has 1 aliphatic rings. The second-order valence-electron chi connectivity index (χ2n) is 4.80. The van der Waals surface area contributed by atoms with Crippen LogP contribution in [0.1, 0.15) is 34.1 Å². The molecule has 1 amide bonds. The first-order valence-corrected chi connectivity index (χ1v) is 4.87. The topological polar surface area (TPSA) is 52.9 Å². The fourth-order valence-electron chi connectivity index (χ4n) is 1.28. The molecule has 0 aromatic heterocycles. The molecule has 0 radical (unpaired) electrons. The van der Waals surface area contributed by atoms with Crippen molar-refractivity contribution in [2.75, 3.05) is 6.54 Å². The summed E-state index contributed by atoms with van der Waals surface area (Å²) in [4.78, 5) is 11.5. The Balaban J connectivity index is 2.72. The van der Waals surface area contributed by atoms with Crippen LogP contribution in [0.3, 0.4) is 0 Å². The Labute approximate surface area is 84.6 Å². The Morgan fingerprint density at radius 3 is 2.50 bits per heavy atom. The number of nitrogens with zero attached hydrogens (tertiary/aromatic N) is 2. The van der Waals surface area contributed by atoms with Crippen molar-refractivity contribution >= 4 is 11.6 Å². The lowest BCUT2D eigenvalue weighted by Crippen LogP contribution is -2.28. The molecule has 80 valence electrons. The molecule has 1 aliphatic heterocycles. The molecule has 0 saturated heterocycles. The smallest absolute Gasteiger partial charge is 0.248 e. The third-order valence-electron chi connectivity index (χ3n) is 2.15. The Morgan fingerprint density at radius 1 is 1.57 bits per heavy atom. The van der Waals surface area contributed by atoms with Crippen molar-refractivity contribution in [3.8, 4) is 0 Å². The zero-order valence-electron chi connectivity index (χ0n) is 9.24. The quantitative estimate of drug-likeness (QED) is 0.719. The molecule has 0 aromatic rings. The highest BCUT2D eigenvalue weighted by Gasteiger charge is 2.31. The summed E-state index contributed by atoms with van der Waals surface area (Å²) in [5.41, 5.74) is 0.825. The molecule has 1 N–H and O–H groups in total. The maximum Gasteiger partial charge on any atom is 0.248 e. The average molecular weight is 198 g/mol. The van der Waals surface area contributed by atoms with E-state index in [9.17, 15) is 4.79 Å². The van der Waals surface area contributed by atoms with E-state index in [1.807, 2.05) is 20.8 Å². The van der Waals surface area contributed by atoms with Crippen LogP contribution in [0.2, 0.25) is 0 Å². The molecule has 4 heteroatoms. The SMILES string of the molecule is CC(O)CN1N=C(C(C)(C)C)CC1=O. The summed E-state index contributed by atoms with van der Waals surface area (Å²) in [6.07, 6.45) is -0.141. The van der Waals surface area contributed by atoms with Gasteiger partial charge in [0, 0.05) is 5.41 Å². The summed E-state index contributed by atoms with van der Waals surface area (Å²) in [6.45, 7) is 8.04. The van der Waals surface area contributed by atoms with Crippen LogP contribution < -0.4 is 0 Å². The van der Waals surface area contributed by atoms with Crippen LogP contribution in [0.5, 0.6) is 0 Å². The van der Waals surface area contributed by atoms with Crippen molar-refractivity contribution in [1.29, 1.82) is 0 Å². The fourth-order valence-corrected chi connectivity index (χ4v) is 1.28. The van der Waals surface area contributed by atoms with Crippen LogP contribution in [-0.2, 0) is 4.79 Å². The Kier molecular flexibility index (Phi) is 2.95. The maximum absolute atomic E-state index is 11.5. The first kappa shape index (κ1) is 11.2. The molecule has 0 fully saturated rings. The van der Waals surface area contributed by atoms with Gasteiger partial charge in [0.2, 0.25) is 5.91 Å². The van der Waals surface area contributed by atoms with E-state index in [0.717, 1.165) is 5.71 Å². The van der Waals surface area contributed by atoms with Crippen molar-refractivity contribution in [2.24, 2.45) is 10.5 Å².